The van der Waals surface area contributed by atoms with Gasteiger partial charge in [0.25, 0.3) is 0 Å². The van der Waals surface area contributed by atoms with E-state index < -0.39 is 19.1 Å². The van der Waals surface area contributed by atoms with Gasteiger partial charge in [-0.2, -0.15) is 0 Å². The Morgan fingerprint density at radius 1 is 1.46 bits per heavy atom. The molecule has 2 heterocycles. The first-order chi connectivity index (χ1) is 11.1. The fourth-order valence-electron chi connectivity index (χ4n) is 2.89. The molecule has 0 radical (unpaired) electrons. The van der Waals surface area contributed by atoms with Crippen LogP contribution in [0.2, 0.25) is 0 Å². The molecule has 136 valence electrons. The minimum Gasteiger partial charge on any atom is -0.388 e. The zero-order valence-corrected chi connectivity index (χ0v) is 16.2. The number of rotatable bonds is 5. The zero-order chi connectivity index (χ0) is 18.1. The van der Waals surface area contributed by atoms with Gasteiger partial charge in [0.05, 0.1) is 6.10 Å². The molecule has 1 saturated heterocycles. The second-order valence-electron chi connectivity index (χ2n) is 7.27. The lowest BCUT2D eigenvalue weighted by Gasteiger charge is -2.27. The number of aliphatic hydroxyl groups is 1. The SMILES string of the molecule is C=C1NC(N(C)C)=NC=C1[C@@H]1O[C@H](CCP(=C)(C)C)[C@@H](O)[C@H]1OC. The fraction of sp³-hybridized carbons (Fsp3) is 0.647. The Labute approximate surface area is 145 Å². The molecule has 0 amide bonds. The Morgan fingerprint density at radius 3 is 2.62 bits per heavy atom. The van der Waals surface area contributed by atoms with Crippen LogP contribution >= 0.6 is 6.89 Å². The van der Waals surface area contributed by atoms with Crippen LogP contribution in [0.5, 0.6) is 0 Å². The third-order valence-corrected chi connectivity index (χ3v) is 5.76. The monoisotopic (exact) mass is 355 g/mol. The molecule has 2 aliphatic rings. The summed E-state index contributed by atoms with van der Waals surface area (Å²) >= 11 is 0. The number of guanidine groups is 1. The Bertz CT molecular complexity index is 594. The van der Waals surface area contributed by atoms with E-state index in [1.54, 1.807) is 13.3 Å². The third kappa shape index (κ3) is 4.31. The summed E-state index contributed by atoms with van der Waals surface area (Å²) in [6, 6.07) is 0. The molecule has 0 spiro atoms. The summed E-state index contributed by atoms with van der Waals surface area (Å²) in [5.74, 6) is 0.719. The number of ether oxygens (including phenoxy) is 2. The van der Waals surface area contributed by atoms with Crippen LogP contribution in [0.3, 0.4) is 0 Å². The molecule has 4 atom stereocenters. The quantitative estimate of drug-likeness (QED) is 0.724. The standard InChI is InChI=1S/C17H30N3O3P/c1-11-12(10-18-17(19-11)20(2)3)15-16(22-4)14(21)13(23-15)8-9-24(5,6)7/h10,13-16,21H,1,5,8-9H2,2-4,6-7H3,(H,18,19)/t13-,14-,15+,16-/m1/s1. The fourth-order valence-corrected chi connectivity index (χ4v) is 3.84. The van der Waals surface area contributed by atoms with Gasteiger partial charge in [0.1, 0.15) is 18.3 Å². The van der Waals surface area contributed by atoms with Gasteiger partial charge in [-0.25, -0.2) is 4.99 Å². The van der Waals surface area contributed by atoms with E-state index in [4.69, 9.17) is 9.47 Å². The van der Waals surface area contributed by atoms with Crippen LogP contribution in [-0.4, -0.2) is 87.4 Å². The summed E-state index contributed by atoms with van der Waals surface area (Å²) < 4.78 is 11.7. The minimum atomic E-state index is -1.16. The van der Waals surface area contributed by atoms with E-state index in [0.717, 1.165) is 29.8 Å². The van der Waals surface area contributed by atoms with Crippen LogP contribution in [0.1, 0.15) is 6.42 Å². The van der Waals surface area contributed by atoms with Crippen molar-refractivity contribution < 1.29 is 14.6 Å². The van der Waals surface area contributed by atoms with E-state index >= 15 is 0 Å². The van der Waals surface area contributed by atoms with Crippen LogP contribution in [-0.2, 0) is 9.47 Å². The van der Waals surface area contributed by atoms with Crippen molar-refractivity contribution in [1.82, 2.24) is 10.2 Å². The summed E-state index contributed by atoms with van der Waals surface area (Å²) in [6.45, 7) is 7.28. The highest BCUT2D eigenvalue weighted by molar-refractivity contribution is 7.72. The maximum atomic E-state index is 10.6. The molecule has 2 rings (SSSR count). The van der Waals surface area contributed by atoms with Crippen molar-refractivity contribution in [3.8, 4) is 0 Å². The van der Waals surface area contributed by atoms with Gasteiger partial charge in [0, 0.05) is 38.7 Å². The predicted octanol–water partition coefficient (Wildman–Crippen LogP) is 1.15. The molecule has 0 bridgehead atoms. The maximum Gasteiger partial charge on any atom is 0.202 e. The zero-order valence-electron chi connectivity index (χ0n) is 15.3. The summed E-state index contributed by atoms with van der Waals surface area (Å²) in [7, 11) is 5.41. The molecular weight excluding hydrogens is 325 g/mol. The number of hydrogen-bond donors (Lipinski definition) is 2. The highest BCUT2D eigenvalue weighted by atomic mass is 31.2. The van der Waals surface area contributed by atoms with E-state index in [0.29, 0.717) is 0 Å². The largest absolute Gasteiger partial charge is 0.388 e. The first kappa shape index (κ1) is 19.3. The normalized spacial score (nSPS) is 30.7. The Hall–Kier alpha value is -1.07. The van der Waals surface area contributed by atoms with Gasteiger partial charge >= 0.3 is 0 Å². The van der Waals surface area contributed by atoms with E-state index in [-0.39, 0.29) is 12.2 Å². The molecule has 0 saturated carbocycles. The number of nitrogens with one attached hydrogen (secondary N) is 1. The highest BCUT2D eigenvalue weighted by Crippen LogP contribution is 2.39. The number of methoxy groups -OCH3 is 1. The summed E-state index contributed by atoms with van der Waals surface area (Å²) in [4.78, 5) is 6.27. The molecule has 1 fully saturated rings. The molecule has 2 aliphatic heterocycles. The Balaban J connectivity index is 2.17. The van der Waals surface area contributed by atoms with Gasteiger partial charge in [-0.05, 0) is 25.9 Å². The van der Waals surface area contributed by atoms with E-state index in [2.05, 4.69) is 36.5 Å². The smallest absolute Gasteiger partial charge is 0.202 e. The molecule has 2 N–H and O–H groups in total. The van der Waals surface area contributed by atoms with Gasteiger partial charge in [-0.15, -0.1) is 13.2 Å². The number of hydrogen-bond acceptors (Lipinski definition) is 6. The topological polar surface area (TPSA) is 66.3 Å². The first-order valence-electron chi connectivity index (χ1n) is 8.09. The first-order valence-corrected chi connectivity index (χ1v) is 11.1. The third-order valence-electron chi connectivity index (χ3n) is 4.30. The molecular formula is C17H30N3O3P. The molecule has 7 heteroatoms. The lowest BCUT2D eigenvalue weighted by atomic mass is 9.99. The number of nitrogens with zero attached hydrogens (tertiary/aromatic N) is 2. The molecule has 0 aliphatic carbocycles. The number of aliphatic hydroxyl groups excluding tert-OH is 1. The summed E-state index contributed by atoms with van der Waals surface area (Å²) in [5, 5.41) is 13.8. The van der Waals surface area contributed by atoms with E-state index in [9.17, 15) is 5.11 Å². The Kier molecular flexibility index (Phi) is 5.97. The van der Waals surface area contributed by atoms with Gasteiger partial charge in [0.2, 0.25) is 5.96 Å². The van der Waals surface area contributed by atoms with E-state index in [1.165, 1.54) is 0 Å². The molecule has 0 aromatic carbocycles. The van der Waals surface area contributed by atoms with Gasteiger partial charge < -0.3 is 24.8 Å². The number of aliphatic imine (C=N–C) groups is 1. The molecule has 24 heavy (non-hydrogen) atoms. The van der Waals surface area contributed by atoms with Crippen molar-refractivity contribution >= 4 is 19.1 Å². The van der Waals surface area contributed by atoms with Crippen LogP contribution in [0, 0.1) is 0 Å². The molecule has 0 aromatic heterocycles. The van der Waals surface area contributed by atoms with E-state index in [1.807, 2.05) is 19.0 Å². The van der Waals surface area contributed by atoms with Gasteiger partial charge in [-0.1, -0.05) is 6.58 Å². The van der Waals surface area contributed by atoms with Crippen molar-refractivity contribution in [3.05, 3.63) is 24.0 Å². The van der Waals surface area contributed by atoms with Gasteiger partial charge in [-0.3, -0.25) is 0 Å². The summed E-state index contributed by atoms with van der Waals surface area (Å²) in [6.07, 6.45) is 5.99. The van der Waals surface area contributed by atoms with Gasteiger partial charge in [0.15, 0.2) is 0 Å². The lowest BCUT2D eigenvalue weighted by Crippen LogP contribution is -2.41. The summed E-state index contributed by atoms with van der Waals surface area (Å²) in [5.41, 5.74) is 1.54. The highest BCUT2D eigenvalue weighted by Gasteiger charge is 2.46. The Morgan fingerprint density at radius 2 is 2.12 bits per heavy atom. The molecule has 6 nitrogen and oxygen atoms in total. The minimum absolute atomic E-state index is 0.256. The second-order valence-corrected chi connectivity index (χ2v) is 11.6. The lowest BCUT2D eigenvalue weighted by molar-refractivity contribution is 0.000213. The van der Waals surface area contributed by atoms with Crippen molar-refractivity contribution in [2.45, 2.75) is 30.8 Å². The maximum absolute atomic E-state index is 10.6. The average Bonchev–Trinajstić information content (AvgIpc) is 2.80. The van der Waals surface area contributed by atoms with Crippen LogP contribution < -0.4 is 5.32 Å². The van der Waals surface area contributed by atoms with Crippen molar-refractivity contribution in [2.24, 2.45) is 4.99 Å². The van der Waals surface area contributed by atoms with Crippen molar-refractivity contribution in [2.75, 3.05) is 40.7 Å². The predicted molar refractivity (Wildman–Crippen MR) is 102 cm³/mol. The average molecular weight is 355 g/mol. The molecule has 0 aromatic rings. The van der Waals surface area contributed by atoms with Crippen LogP contribution in [0.4, 0.5) is 0 Å². The van der Waals surface area contributed by atoms with Crippen LogP contribution in [0.15, 0.2) is 29.0 Å². The molecule has 0 unspecified atom stereocenters. The van der Waals surface area contributed by atoms with Crippen molar-refractivity contribution in [3.63, 3.8) is 0 Å². The second kappa shape index (κ2) is 7.44. The van der Waals surface area contributed by atoms with Crippen molar-refractivity contribution in [1.29, 1.82) is 0 Å². The van der Waals surface area contributed by atoms with Crippen LogP contribution in [0.25, 0.3) is 0 Å².